The molecule has 0 spiro atoms. The van der Waals surface area contributed by atoms with Crippen molar-refractivity contribution >= 4 is 45.7 Å². The van der Waals surface area contributed by atoms with E-state index in [0.29, 0.717) is 27.7 Å². The number of anilines is 1. The summed E-state index contributed by atoms with van der Waals surface area (Å²) in [5.74, 6) is -0.361. The molecule has 198 valence electrons. The summed E-state index contributed by atoms with van der Waals surface area (Å²) in [5.41, 5.74) is 3.33. The molecule has 0 saturated carbocycles. The van der Waals surface area contributed by atoms with Gasteiger partial charge in [-0.1, -0.05) is 58.7 Å². The van der Waals surface area contributed by atoms with Crippen LogP contribution in [-0.2, 0) is 11.2 Å². The molecule has 1 atom stereocenters. The first-order chi connectivity index (χ1) is 19.4. The second-order valence-electron chi connectivity index (χ2n) is 9.03. The Labute approximate surface area is 237 Å². The van der Waals surface area contributed by atoms with E-state index in [4.69, 9.17) is 23.2 Å². The van der Waals surface area contributed by atoms with Crippen molar-refractivity contribution in [1.82, 2.24) is 34.7 Å². The van der Waals surface area contributed by atoms with E-state index in [1.807, 2.05) is 36.4 Å². The van der Waals surface area contributed by atoms with Crippen molar-refractivity contribution < 1.29 is 4.79 Å². The lowest BCUT2D eigenvalue weighted by Gasteiger charge is -2.20. The number of benzene rings is 3. The summed E-state index contributed by atoms with van der Waals surface area (Å²) >= 11 is 12.2. The number of hydrogen-bond donors (Lipinski definition) is 2. The molecule has 6 aromatic rings. The van der Waals surface area contributed by atoms with Crippen molar-refractivity contribution in [2.45, 2.75) is 12.5 Å². The van der Waals surface area contributed by atoms with E-state index in [9.17, 15) is 9.59 Å². The number of carbonyl (C=O) groups is 1. The van der Waals surface area contributed by atoms with Gasteiger partial charge in [-0.05, 0) is 42.0 Å². The fraction of sp³-hybridized carbons (Fsp3) is 0.0714. The number of carbonyl (C=O) groups excluding carboxylic acids is 1. The Balaban J connectivity index is 1.37. The minimum absolute atomic E-state index is 0.214. The van der Waals surface area contributed by atoms with Crippen LogP contribution >= 0.6 is 23.2 Å². The van der Waals surface area contributed by atoms with Crippen LogP contribution in [0.4, 0.5) is 5.69 Å². The number of amides is 1. The molecule has 3 aromatic heterocycles. The monoisotopic (exact) mass is 570 g/mol. The molecule has 2 N–H and O–H groups in total. The van der Waals surface area contributed by atoms with Gasteiger partial charge in [-0.3, -0.25) is 19.3 Å². The lowest BCUT2D eigenvalue weighted by molar-refractivity contribution is -0.119. The average molecular weight is 571 g/mol. The molecule has 6 rings (SSSR count). The molecule has 0 aliphatic rings. The highest BCUT2D eigenvalue weighted by molar-refractivity contribution is 6.31. The van der Waals surface area contributed by atoms with Crippen LogP contribution in [0.3, 0.4) is 0 Å². The first-order valence-electron chi connectivity index (χ1n) is 12.2. The molecule has 1 unspecified atom stereocenters. The predicted octanol–water partition coefficient (Wildman–Crippen LogP) is 5.10. The molecule has 0 aliphatic heterocycles. The Morgan fingerprint density at radius 2 is 1.88 bits per heavy atom. The fourth-order valence-corrected chi connectivity index (χ4v) is 4.76. The molecule has 1 amide bonds. The summed E-state index contributed by atoms with van der Waals surface area (Å²) in [6, 6.07) is 20.5. The maximum Gasteiger partial charge on any atom is 0.254 e. The zero-order valence-electron chi connectivity index (χ0n) is 20.7. The van der Waals surface area contributed by atoms with Crippen molar-refractivity contribution in [3.05, 3.63) is 118 Å². The molecule has 10 nitrogen and oxygen atoms in total. The second-order valence-corrected chi connectivity index (χ2v) is 9.86. The predicted molar refractivity (Wildman–Crippen MR) is 153 cm³/mol. The van der Waals surface area contributed by atoms with E-state index in [1.54, 1.807) is 36.5 Å². The molecular formula is C28H20Cl2N8O2. The Morgan fingerprint density at radius 3 is 2.65 bits per heavy atom. The molecule has 12 heteroatoms. The molecule has 0 radical (unpaired) electrons. The molecule has 0 fully saturated rings. The third kappa shape index (κ3) is 5.22. The lowest BCUT2D eigenvalue weighted by Crippen LogP contribution is -2.34. The maximum absolute atomic E-state index is 13.6. The zero-order valence-corrected chi connectivity index (χ0v) is 22.2. The lowest BCUT2D eigenvalue weighted by atomic mass is 10.0. The van der Waals surface area contributed by atoms with Crippen molar-refractivity contribution in [1.29, 1.82) is 0 Å². The molecular weight excluding hydrogens is 551 g/mol. The van der Waals surface area contributed by atoms with Gasteiger partial charge in [-0.25, -0.2) is 9.67 Å². The number of nitrogens with zero attached hydrogens (tertiary/aromatic N) is 6. The van der Waals surface area contributed by atoms with Crippen molar-refractivity contribution in [2.24, 2.45) is 0 Å². The van der Waals surface area contributed by atoms with Crippen molar-refractivity contribution in [3.8, 4) is 16.9 Å². The fourth-order valence-electron chi connectivity index (χ4n) is 4.46. The minimum Gasteiger partial charge on any atom is -0.324 e. The van der Waals surface area contributed by atoms with Gasteiger partial charge >= 0.3 is 0 Å². The van der Waals surface area contributed by atoms with Crippen LogP contribution in [0.15, 0.2) is 96.3 Å². The summed E-state index contributed by atoms with van der Waals surface area (Å²) in [6.45, 7) is 0. The molecule has 3 heterocycles. The van der Waals surface area contributed by atoms with E-state index in [2.05, 4.69) is 30.8 Å². The second kappa shape index (κ2) is 10.8. The number of nitrogens with one attached hydrogen (secondary N) is 2. The average Bonchev–Trinajstić information content (AvgIpc) is 3.61. The van der Waals surface area contributed by atoms with Gasteiger partial charge < -0.3 is 5.32 Å². The zero-order chi connectivity index (χ0) is 27.6. The standard InChI is InChI=1S/C28H20Cl2N8O2/c29-19-7-9-24(38-15-26(30)35-36-38)21(11-19)23-13-27(39)37(16-31-23)25(10-17-4-2-1-3-5-17)28(40)33-20-8-6-18-14-32-34-22(18)12-20/h1-9,11-16,25H,10H2,(H,32,34)(H,33,40). The topological polar surface area (TPSA) is 123 Å². The first-order valence-corrected chi connectivity index (χ1v) is 12.9. The van der Waals surface area contributed by atoms with Crippen molar-refractivity contribution in [2.75, 3.05) is 5.32 Å². The van der Waals surface area contributed by atoms with E-state index in [1.165, 1.54) is 27.8 Å². The van der Waals surface area contributed by atoms with E-state index < -0.39 is 11.6 Å². The third-order valence-corrected chi connectivity index (χ3v) is 6.81. The Kier molecular flexibility index (Phi) is 6.85. The number of halogens is 2. The maximum atomic E-state index is 13.6. The van der Waals surface area contributed by atoms with Crippen molar-refractivity contribution in [3.63, 3.8) is 0 Å². The number of aromatic amines is 1. The minimum atomic E-state index is -0.873. The van der Waals surface area contributed by atoms with Gasteiger partial charge in [-0.2, -0.15) is 5.10 Å². The SMILES string of the molecule is O=C(Nc1ccc2cn[nH]c2c1)C(Cc1ccccc1)n1cnc(-c2cc(Cl)ccc2-n2cc(Cl)nn2)cc1=O. The number of fused-ring (bicyclic) bond motifs is 1. The molecule has 0 bridgehead atoms. The van der Waals surface area contributed by atoms with Crippen LogP contribution in [0.5, 0.6) is 0 Å². The highest BCUT2D eigenvalue weighted by atomic mass is 35.5. The quantitative estimate of drug-likeness (QED) is 0.275. The summed E-state index contributed by atoms with van der Waals surface area (Å²) in [5, 5.41) is 19.3. The van der Waals surface area contributed by atoms with Crippen LogP contribution in [0.2, 0.25) is 10.2 Å². The van der Waals surface area contributed by atoms with Crippen LogP contribution in [0, 0.1) is 0 Å². The summed E-state index contributed by atoms with van der Waals surface area (Å²) < 4.78 is 2.81. The Morgan fingerprint density at radius 1 is 1.02 bits per heavy atom. The summed E-state index contributed by atoms with van der Waals surface area (Å²) in [6.07, 6.45) is 4.90. The van der Waals surface area contributed by atoms with Gasteiger partial charge in [0.15, 0.2) is 5.15 Å². The molecule has 0 aliphatic carbocycles. The number of aromatic nitrogens is 7. The summed E-state index contributed by atoms with van der Waals surface area (Å²) in [7, 11) is 0. The highest BCUT2D eigenvalue weighted by Gasteiger charge is 2.24. The van der Waals surface area contributed by atoms with E-state index in [-0.39, 0.29) is 17.5 Å². The summed E-state index contributed by atoms with van der Waals surface area (Å²) in [4.78, 5) is 31.7. The van der Waals surface area contributed by atoms with Gasteiger partial charge in [0.05, 0.1) is 35.6 Å². The third-order valence-electron chi connectivity index (χ3n) is 6.40. The smallest absolute Gasteiger partial charge is 0.254 e. The molecule has 40 heavy (non-hydrogen) atoms. The number of hydrogen-bond acceptors (Lipinski definition) is 6. The van der Waals surface area contributed by atoms with Gasteiger partial charge in [0.2, 0.25) is 5.91 Å². The molecule has 3 aromatic carbocycles. The largest absolute Gasteiger partial charge is 0.324 e. The van der Waals surface area contributed by atoms with Crippen LogP contribution in [0.1, 0.15) is 11.6 Å². The van der Waals surface area contributed by atoms with E-state index in [0.717, 1.165) is 16.5 Å². The van der Waals surface area contributed by atoms with Gasteiger partial charge in [0, 0.05) is 34.1 Å². The van der Waals surface area contributed by atoms with E-state index >= 15 is 0 Å². The van der Waals surface area contributed by atoms with Crippen LogP contribution < -0.4 is 10.9 Å². The van der Waals surface area contributed by atoms with Crippen LogP contribution in [0.25, 0.3) is 27.8 Å². The number of H-pyrrole nitrogens is 1. The van der Waals surface area contributed by atoms with Gasteiger partial charge in [-0.15, -0.1) is 5.10 Å². The van der Waals surface area contributed by atoms with Gasteiger partial charge in [0.1, 0.15) is 6.04 Å². The highest BCUT2D eigenvalue weighted by Crippen LogP contribution is 2.28. The Hall–Kier alpha value is -4.80. The Bertz CT molecular complexity index is 1900. The van der Waals surface area contributed by atoms with Gasteiger partial charge in [0.25, 0.3) is 5.56 Å². The first kappa shape index (κ1) is 25.5. The van der Waals surface area contributed by atoms with Crippen LogP contribution in [-0.4, -0.2) is 40.6 Å². The molecule has 0 saturated heterocycles. The normalized spacial score (nSPS) is 11.9. The number of rotatable bonds is 7.